The van der Waals surface area contributed by atoms with Gasteiger partial charge in [0.15, 0.2) is 0 Å². The van der Waals surface area contributed by atoms with E-state index in [1.54, 1.807) is 0 Å². The zero-order chi connectivity index (χ0) is 13.0. The second-order valence-electron chi connectivity index (χ2n) is 5.20. The van der Waals surface area contributed by atoms with E-state index in [1.165, 1.54) is 5.56 Å². The summed E-state index contributed by atoms with van der Waals surface area (Å²) >= 11 is 0. The zero-order valence-electron chi connectivity index (χ0n) is 11.0. The van der Waals surface area contributed by atoms with Crippen LogP contribution in [0.15, 0.2) is 30.3 Å². The minimum absolute atomic E-state index is 0.0343. The third-order valence-corrected chi connectivity index (χ3v) is 3.91. The van der Waals surface area contributed by atoms with Crippen LogP contribution in [0.4, 0.5) is 0 Å². The number of rotatable bonds is 5. The summed E-state index contributed by atoms with van der Waals surface area (Å²) in [6.07, 6.45) is 3.09. The average Bonchev–Trinajstić information content (AvgIpc) is 2.85. The molecule has 0 aromatic heterocycles. The first kappa shape index (κ1) is 13.1. The van der Waals surface area contributed by atoms with Gasteiger partial charge in [0.25, 0.3) is 0 Å². The van der Waals surface area contributed by atoms with Gasteiger partial charge < -0.3 is 5.73 Å². The van der Waals surface area contributed by atoms with E-state index in [4.69, 9.17) is 5.73 Å². The van der Waals surface area contributed by atoms with Crippen LogP contribution in [0.25, 0.3) is 0 Å². The number of primary amides is 1. The molecule has 3 nitrogen and oxygen atoms in total. The lowest BCUT2D eigenvalue weighted by atomic mass is 9.97. The quantitative estimate of drug-likeness (QED) is 0.865. The minimum Gasteiger partial charge on any atom is -0.368 e. The van der Waals surface area contributed by atoms with Crippen molar-refractivity contribution < 1.29 is 4.79 Å². The molecular weight excluding hydrogens is 224 g/mol. The SMILES string of the molecule is CC(CCN1CCCC1C(N)=O)c1ccccc1. The Kier molecular flexibility index (Phi) is 4.37. The van der Waals surface area contributed by atoms with Crippen LogP contribution in [0.1, 0.15) is 37.7 Å². The maximum Gasteiger partial charge on any atom is 0.234 e. The van der Waals surface area contributed by atoms with E-state index in [-0.39, 0.29) is 11.9 Å². The summed E-state index contributed by atoms with van der Waals surface area (Å²) in [5.74, 6) is 0.361. The number of hydrogen-bond acceptors (Lipinski definition) is 2. The first-order chi connectivity index (χ1) is 8.68. The predicted molar refractivity (Wildman–Crippen MR) is 73.3 cm³/mol. The Labute approximate surface area is 109 Å². The predicted octanol–water partition coefficient (Wildman–Crippen LogP) is 2.13. The van der Waals surface area contributed by atoms with Gasteiger partial charge >= 0.3 is 0 Å². The molecule has 0 saturated carbocycles. The molecule has 2 rings (SSSR count). The van der Waals surface area contributed by atoms with Crippen LogP contribution >= 0.6 is 0 Å². The first-order valence-corrected chi connectivity index (χ1v) is 6.77. The maximum absolute atomic E-state index is 11.3. The number of nitrogens with two attached hydrogens (primary N) is 1. The van der Waals surface area contributed by atoms with Crippen LogP contribution < -0.4 is 5.73 Å². The maximum atomic E-state index is 11.3. The molecule has 0 spiro atoms. The zero-order valence-corrected chi connectivity index (χ0v) is 11.0. The number of carbonyl (C=O) groups is 1. The molecule has 2 N–H and O–H groups in total. The topological polar surface area (TPSA) is 46.3 Å². The highest BCUT2D eigenvalue weighted by atomic mass is 16.1. The lowest BCUT2D eigenvalue weighted by Crippen LogP contribution is -2.40. The molecule has 1 fully saturated rings. The van der Waals surface area contributed by atoms with Crippen LogP contribution in [-0.2, 0) is 4.79 Å². The third kappa shape index (κ3) is 3.10. The van der Waals surface area contributed by atoms with Crippen LogP contribution in [-0.4, -0.2) is 29.9 Å². The average molecular weight is 246 g/mol. The van der Waals surface area contributed by atoms with Gasteiger partial charge in [-0.2, -0.15) is 0 Å². The Morgan fingerprint density at radius 2 is 2.17 bits per heavy atom. The molecule has 18 heavy (non-hydrogen) atoms. The Bertz CT molecular complexity index is 391. The molecule has 1 aliphatic rings. The number of nitrogens with zero attached hydrogens (tertiary/aromatic N) is 1. The van der Waals surface area contributed by atoms with Gasteiger partial charge in [0, 0.05) is 0 Å². The van der Waals surface area contributed by atoms with E-state index in [0.717, 1.165) is 32.4 Å². The lowest BCUT2D eigenvalue weighted by Gasteiger charge is -2.23. The fourth-order valence-corrected chi connectivity index (χ4v) is 2.72. The van der Waals surface area contributed by atoms with Gasteiger partial charge in [-0.3, -0.25) is 9.69 Å². The van der Waals surface area contributed by atoms with Crippen molar-refractivity contribution in [2.45, 2.75) is 38.1 Å². The van der Waals surface area contributed by atoms with Gasteiger partial charge in [0.1, 0.15) is 0 Å². The molecule has 1 amide bonds. The molecule has 0 aliphatic carbocycles. The summed E-state index contributed by atoms with van der Waals surface area (Å²) in [7, 11) is 0. The second kappa shape index (κ2) is 6.01. The molecular formula is C15H22N2O. The Morgan fingerprint density at radius 1 is 1.44 bits per heavy atom. The summed E-state index contributed by atoms with van der Waals surface area (Å²) in [5.41, 5.74) is 6.79. The van der Waals surface area contributed by atoms with Gasteiger partial charge in [-0.15, -0.1) is 0 Å². The molecule has 1 saturated heterocycles. The molecule has 0 radical (unpaired) electrons. The highest BCUT2D eigenvalue weighted by Crippen LogP contribution is 2.22. The van der Waals surface area contributed by atoms with Crippen molar-refractivity contribution in [3.63, 3.8) is 0 Å². The highest BCUT2D eigenvalue weighted by Gasteiger charge is 2.28. The van der Waals surface area contributed by atoms with Gasteiger partial charge in [0.05, 0.1) is 6.04 Å². The van der Waals surface area contributed by atoms with E-state index in [9.17, 15) is 4.79 Å². The summed E-state index contributed by atoms with van der Waals surface area (Å²) in [6, 6.07) is 10.5. The van der Waals surface area contributed by atoms with Gasteiger partial charge in [0.2, 0.25) is 5.91 Å². The summed E-state index contributed by atoms with van der Waals surface area (Å²) < 4.78 is 0. The Balaban J connectivity index is 1.86. The van der Waals surface area contributed by atoms with Crippen LogP contribution in [0.2, 0.25) is 0 Å². The van der Waals surface area contributed by atoms with Crippen LogP contribution in [0, 0.1) is 0 Å². The smallest absolute Gasteiger partial charge is 0.234 e. The monoisotopic (exact) mass is 246 g/mol. The number of hydrogen-bond donors (Lipinski definition) is 1. The molecule has 1 aliphatic heterocycles. The molecule has 2 unspecified atom stereocenters. The Hall–Kier alpha value is -1.35. The van der Waals surface area contributed by atoms with Crippen molar-refractivity contribution in [1.29, 1.82) is 0 Å². The molecule has 1 heterocycles. The fourth-order valence-electron chi connectivity index (χ4n) is 2.72. The lowest BCUT2D eigenvalue weighted by molar-refractivity contribution is -0.122. The number of benzene rings is 1. The first-order valence-electron chi connectivity index (χ1n) is 6.77. The van der Waals surface area contributed by atoms with Crippen LogP contribution in [0.5, 0.6) is 0 Å². The van der Waals surface area contributed by atoms with E-state index < -0.39 is 0 Å². The standard InChI is InChI=1S/C15H22N2O/c1-12(13-6-3-2-4-7-13)9-11-17-10-5-8-14(17)15(16)18/h2-4,6-7,12,14H,5,8-11H2,1H3,(H2,16,18). The second-order valence-corrected chi connectivity index (χ2v) is 5.20. The van der Waals surface area contributed by atoms with E-state index in [1.807, 2.05) is 6.07 Å². The molecule has 0 bridgehead atoms. The van der Waals surface area contributed by atoms with Crippen LogP contribution in [0.3, 0.4) is 0 Å². The summed E-state index contributed by atoms with van der Waals surface area (Å²) in [6.45, 7) is 4.21. The molecule has 2 atom stereocenters. The molecule has 3 heteroatoms. The van der Waals surface area contributed by atoms with Gasteiger partial charge in [-0.05, 0) is 43.8 Å². The molecule has 98 valence electrons. The normalized spacial score (nSPS) is 21.9. The van der Waals surface area contributed by atoms with Crippen molar-refractivity contribution in [1.82, 2.24) is 4.90 Å². The van der Waals surface area contributed by atoms with Gasteiger partial charge in [-0.1, -0.05) is 37.3 Å². The minimum atomic E-state index is -0.167. The number of likely N-dealkylation sites (tertiary alicyclic amines) is 1. The fraction of sp³-hybridized carbons (Fsp3) is 0.533. The third-order valence-electron chi connectivity index (χ3n) is 3.91. The van der Waals surface area contributed by atoms with Gasteiger partial charge in [-0.25, -0.2) is 0 Å². The van der Waals surface area contributed by atoms with Crippen molar-refractivity contribution in [3.8, 4) is 0 Å². The van der Waals surface area contributed by atoms with E-state index in [0.29, 0.717) is 5.92 Å². The molecule has 1 aromatic rings. The van der Waals surface area contributed by atoms with E-state index in [2.05, 4.69) is 36.1 Å². The summed E-state index contributed by atoms with van der Waals surface area (Å²) in [4.78, 5) is 13.5. The number of amides is 1. The van der Waals surface area contributed by atoms with Crippen molar-refractivity contribution in [3.05, 3.63) is 35.9 Å². The van der Waals surface area contributed by atoms with E-state index >= 15 is 0 Å². The number of carbonyl (C=O) groups excluding carboxylic acids is 1. The Morgan fingerprint density at radius 3 is 2.83 bits per heavy atom. The summed E-state index contributed by atoms with van der Waals surface area (Å²) in [5, 5.41) is 0. The molecule has 1 aromatic carbocycles. The van der Waals surface area contributed by atoms with Crippen molar-refractivity contribution >= 4 is 5.91 Å². The van der Waals surface area contributed by atoms with Crippen molar-refractivity contribution in [2.75, 3.05) is 13.1 Å². The van der Waals surface area contributed by atoms with Crippen molar-refractivity contribution in [2.24, 2.45) is 5.73 Å². The highest BCUT2D eigenvalue weighted by molar-refractivity contribution is 5.80. The largest absolute Gasteiger partial charge is 0.368 e.